The van der Waals surface area contributed by atoms with E-state index in [9.17, 15) is 0 Å². The van der Waals surface area contributed by atoms with E-state index in [0.717, 1.165) is 22.2 Å². The van der Waals surface area contributed by atoms with Crippen LogP contribution in [0.3, 0.4) is 0 Å². The second kappa shape index (κ2) is 2.48. The van der Waals surface area contributed by atoms with Gasteiger partial charge in [-0.05, 0) is 30.2 Å². The molecule has 0 fully saturated rings. The van der Waals surface area contributed by atoms with Crippen molar-refractivity contribution in [1.29, 1.82) is 0 Å². The zero-order valence-electron chi connectivity index (χ0n) is 6.87. The molecule has 0 aliphatic carbocycles. The first-order chi connectivity index (χ1) is 5.81. The zero-order valence-corrected chi connectivity index (χ0v) is 6.87. The molecule has 0 aliphatic rings. The highest BCUT2D eigenvalue weighted by atomic mass is 16.3. The lowest BCUT2D eigenvalue weighted by Crippen LogP contribution is -1.77. The summed E-state index contributed by atoms with van der Waals surface area (Å²) in [6.07, 6.45) is 3.27. The summed E-state index contributed by atoms with van der Waals surface area (Å²) in [6, 6.07) is 3.99. The molecular formula is C10H9NO. The molecule has 2 heteroatoms. The Morgan fingerprint density at radius 2 is 2.33 bits per heavy atom. The van der Waals surface area contributed by atoms with Gasteiger partial charge in [-0.25, -0.2) is 4.98 Å². The first kappa shape index (κ1) is 7.10. The third-order valence-electron chi connectivity index (χ3n) is 1.88. The number of hydrogen-bond acceptors (Lipinski definition) is 2. The third kappa shape index (κ3) is 0.925. The molecule has 0 saturated heterocycles. The molecule has 12 heavy (non-hydrogen) atoms. The molecule has 0 radical (unpaired) electrons. The van der Waals surface area contributed by atoms with Crippen LogP contribution in [0.15, 0.2) is 29.5 Å². The Morgan fingerprint density at radius 3 is 3.08 bits per heavy atom. The number of aromatic nitrogens is 1. The van der Waals surface area contributed by atoms with Crippen molar-refractivity contribution < 1.29 is 4.42 Å². The average molecular weight is 159 g/mol. The van der Waals surface area contributed by atoms with E-state index in [-0.39, 0.29) is 0 Å². The van der Waals surface area contributed by atoms with E-state index in [2.05, 4.69) is 11.6 Å². The molecule has 1 heterocycles. The minimum atomic E-state index is 0.862. The Bertz CT molecular complexity index is 428. The molecule has 1 aromatic carbocycles. The van der Waals surface area contributed by atoms with Gasteiger partial charge in [0.25, 0.3) is 0 Å². The number of aryl methyl sites for hydroxylation is 1. The number of hydrogen-bond donors (Lipinski definition) is 0. The number of rotatable bonds is 1. The van der Waals surface area contributed by atoms with Gasteiger partial charge in [0.2, 0.25) is 0 Å². The van der Waals surface area contributed by atoms with Gasteiger partial charge in [-0.15, -0.1) is 0 Å². The van der Waals surface area contributed by atoms with E-state index in [1.54, 1.807) is 6.08 Å². The van der Waals surface area contributed by atoms with Crippen molar-refractivity contribution >= 4 is 17.2 Å². The molecule has 0 amide bonds. The highest BCUT2D eigenvalue weighted by Crippen LogP contribution is 2.19. The van der Waals surface area contributed by atoms with Gasteiger partial charge in [0, 0.05) is 0 Å². The van der Waals surface area contributed by atoms with Crippen LogP contribution in [0.5, 0.6) is 0 Å². The summed E-state index contributed by atoms with van der Waals surface area (Å²) in [5.74, 6) is 0. The van der Waals surface area contributed by atoms with Gasteiger partial charge in [-0.3, -0.25) is 0 Å². The molecule has 0 bridgehead atoms. The molecule has 0 N–H and O–H groups in total. The summed E-state index contributed by atoms with van der Waals surface area (Å²) >= 11 is 0. The summed E-state index contributed by atoms with van der Waals surface area (Å²) < 4.78 is 5.20. The van der Waals surface area contributed by atoms with Crippen LogP contribution in [0.1, 0.15) is 11.1 Å². The predicted molar refractivity (Wildman–Crippen MR) is 48.8 cm³/mol. The van der Waals surface area contributed by atoms with Crippen molar-refractivity contribution in [3.63, 3.8) is 0 Å². The minimum Gasteiger partial charge on any atom is -0.443 e. The van der Waals surface area contributed by atoms with Crippen LogP contribution in [-0.4, -0.2) is 4.98 Å². The maximum Gasteiger partial charge on any atom is 0.181 e. The summed E-state index contributed by atoms with van der Waals surface area (Å²) in [6.45, 7) is 5.71. The zero-order chi connectivity index (χ0) is 8.55. The lowest BCUT2D eigenvalue weighted by Gasteiger charge is -1.95. The van der Waals surface area contributed by atoms with Crippen LogP contribution in [0, 0.1) is 6.92 Å². The number of benzene rings is 1. The van der Waals surface area contributed by atoms with E-state index < -0.39 is 0 Å². The number of oxazole rings is 1. The fourth-order valence-corrected chi connectivity index (χ4v) is 1.29. The van der Waals surface area contributed by atoms with E-state index in [0.29, 0.717) is 0 Å². The quantitative estimate of drug-likeness (QED) is 0.639. The van der Waals surface area contributed by atoms with Crippen molar-refractivity contribution in [1.82, 2.24) is 4.98 Å². The Balaban J connectivity index is 2.83. The highest BCUT2D eigenvalue weighted by molar-refractivity contribution is 5.78. The average Bonchev–Trinajstić information content (AvgIpc) is 2.52. The smallest absolute Gasteiger partial charge is 0.181 e. The third-order valence-corrected chi connectivity index (χ3v) is 1.88. The predicted octanol–water partition coefficient (Wildman–Crippen LogP) is 2.78. The monoisotopic (exact) mass is 159 g/mol. The van der Waals surface area contributed by atoms with E-state index in [1.807, 2.05) is 19.1 Å². The molecule has 0 aliphatic heterocycles. The lowest BCUT2D eigenvalue weighted by atomic mass is 10.1. The molecule has 0 atom stereocenters. The van der Waals surface area contributed by atoms with Crippen molar-refractivity contribution in [3.05, 3.63) is 36.2 Å². The number of nitrogens with zero attached hydrogens (tertiary/aromatic N) is 1. The minimum absolute atomic E-state index is 0.862. The first-order valence-corrected chi connectivity index (χ1v) is 3.77. The molecule has 60 valence electrons. The summed E-state index contributed by atoms with van der Waals surface area (Å²) in [5.41, 5.74) is 3.93. The van der Waals surface area contributed by atoms with Gasteiger partial charge in [-0.2, -0.15) is 0 Å². The van der Waals surface area contributed by atoms with Crippen LogP contribution in [0.4, 0.5) is 0 Å². The van der Waals surface area contributed by atoms with Crippen LogP contribution in [-0.2, 0) is 0 Å². The molecule has 2 rings (SSSR count). The Morgan fingerprint density at radius 1 is 1.50 bits per heavy atom. The van der Waals surface area contributed by atoms with E-state index in [1.165, 1.54) is 6.39 Å². The van der Waals surface area contributed by atoms with Gasteiger partial charge in [-0.1, -0.05) is 12.7 Å². The second-order valence-corrected chi connectivity index (χ2v) is 2.74. The second-order valence-electron chi connectivity index (χ2n) is 2.74. The van der Waals surface area contributed by atoms with Crippen molar-refractivity contribution in [2.75, 3.05) is 0 Å². The van der Waals surface area contributed by atoms with Gasteiger partial charge < -0.3 is 4.42 Å². The highest BCUT2D eigenvalue weighted by Gasteiger charge is 2.02. The van der Waals surface area contributed by atoms with Crippen LogP contribution in [0.25, 0.3) is 17.2 Å². The Kier molecular flexibility index (Phi) is 1.47. The molecule has 1 aromatic heterocycles. The maximum absolute atomic E-state index is 5.20. The largest absolute Gasteiger partial charge is 0.443 e. The fourth-order valence-electron chi connectivity index (χ4n) is 1.29. The normalized spacial score (nSPS) is 10.4. The topological polar surface area (TPSA) is 26.0 Å². The standard InChI is InChI=1S/C10H9NO/c1-3-8-4-7(2)10-9(5-8)11-6-12-10/h3-6H,1H2,2H3. The molecule has 0 unspecified atom stereocenters. The summed E-state index contributed by atoms with van der Waals surface area (Å²) in [5, 5.41) is 0. The summed E-state index contributed by atoms with van der Waals surface area (Å²) in [4.78, 5) is 4.07. The van der Waals surface area contributed by atoms with Crippen LogP contribution < -0.4 is 0 Å². The van der Waals surface area contributed by atoms with Crippen LogP contribution >= 0.6 is 0 Å². The first-order valence-electron chi connectivity index (χ1n) is 3.77. The SMILES string of the molecule is C=Cc1cc(C)c2ocnc2c1. The van der Waals surface area contributed by atoms with Crippen molar-refractivity contribution in [3.8, 4) is 0 Å². The van der Waals surface area contributed by atoms with Gasteiger partial charge in [0.1, 0.15) is 5.52 Å². The van der Waals surface area contributed by atoms with Crippen molar-refractivity contribution in [2.45, 2.75) is 6.92 Å². The lowest BCUT2D eigenvalue weighted by molar-refractivity contribution is 0.600. The number of fused-ring (bicyclic) bond motifs is 1. The van der Waals surface area contributed by atoms with Gasteiger partial charge in [0.05, 0.1) is 0 Å². The fraction of sp³-hybridized carbons (Fsp3) is 0.100. The van der Waals surface area contributed by atoms with Gasteiger partial charge >= 0.3 is 0 Å². The molecule has 2 aromatic rings. The van der Waals surface area contributed by atoms with E-state index >= 15 is 0 Å². The van der Waals surface area contributed by atoms with Crippen LogP contribution in [0.2, 0.25) is 0 Å². The molecular weight excluding hydrogens is 150 g/mol. The Labute approximate surface area is 70.5 Å². The van der Waals surface area contributed by atoms with Gasteiger partial charge in [0.15, 0.2) is 12.0 Å². The maximum atomic E-state index is 5.20. The van der Waals surface area contributed by atoms with Crippen molar-refractivity contribution in [2.24, 2.45) is 0 Å². The Hall–Kier alpha value is -1.57. The summed E-state index contributed by atoms with van der Waals surface area (Å²) in [7, 11) is 0. The van der Waals surface area contributed by atoms with E-state index in [4.69, 9.17) is 4.42 Å². The molecule has 2 nitrogen and oxygen atoms in total. The molecule has 0 spiro atoms. The molecule has 0 saturated carbocycles.